The molecule has 0 unspecified atom stereocenters. The third-order valence-electron chi connectivity index (χ3n) is 2.90. The Kier molecular flexibility index (Phi) is 5.60. The van der Waals surface area contributed by atoms with Crippen molar-refractivity contribution in [3.05, 3.63) is 47.8 Å². The molecule has 22 heavy (non-hydrogen) atoms. The highest BCUT2D eigenvalue weighted by Gasteiger charge is 2.08. The summed E-state index contributed by atoms with van der Waals surface area (Å²) in [4.78, 5) is 22.9. The molecular weight excluding hydrogens is 300 g/mol. The maximum Gasteiger partial charge on any atom is 0.255 e. The van der Waals surface area contributed by atoms with Crippen molar-refractivity contribution in [1.82, 2.24) is 9.78 Å². The molecule has 0 aliphatic rings. The maximum atomic E-state index is 12.1. The predicted octanol–water partition coefficient (Wildman–Crippen LogP) is 1.87. The molecule has 2 rings (SSSR count). The summed E-state index contributed by atoms with van der Waals surface area (Å²) in [6.45, 7) is 2.10. The van der Waals surface area contributed by atoms with E-state index in [4.69, 9.17) is 5.73 Å². The van der Waals surface area contributed by atoms with E-state index in [2.05, 4.69) is 17.3 Å². The van der Waals surface area contributed by atoms with Crippen molar-refractivity contribution < 1.29 is 9.59 Å². The molecular formula is C15H18N4O2S. The Morgan fingerprint density at radius 1 is 1.32 bits per heavy atom. The van der Waals surface area contributed by atoms with E-state index < -0.39 is 5.91 Å². The van der Waals surface area contributed by atoms with E-state index in [1.807, 2.05) is 23.9 Å². The van der Waals surface area contributed by atoms with E-state index in [0.717, 1.165) is 11.5 Å². The van der Waals surface area contributed by atoms with Crippen molar-refractivity contribution in [1.29, 1.82) is 0 Å². The van der Waals surface area contributed by atoms with Crippen LogP contribution in [0.2, 0.25) is 0 Å². The number of hydrogen-bond acceptors (Lipinski definition) is 4. The Morgan fingerprint density at radius 3 is 2.68 bits per heavy atom. The van der Waals surface area contributed by atoms with Crippen LogP contribution in [0.25, 0.3) is 0 Å². The number of benzene rings is 1. The first-order valence-electron chi connectivity index (χ1n) is 6.87. The molecule has 0 saturated heterocycles. The second-order valence-corrected chi connectivity index (χ2v) is 5.96. The van der Waals surface area contributed by atoms with Gasteiger partial charge in [0.05, 0.1) is 11.9 Å². The molecule has 0 aliphatic carbocycles. The number of anilines is 1. The monoisotopic (exact) mass is 318 g/mol. The van der Waals surface area contributed by atoms with E-state index >= 15 is 0 Å². The molecule has 2 aromatic rings. The van der Waals surface area contributed by atoms with Crippen LogP contribution >= 0.6 is 11.8 Å². The minimum Gasteiger partial charge on any atom is -0.368 e. The Morgan fingerprint density at radius 2 is 2.05 bits per heavy atom. The Balaban J connectivity index is 1.96. The quantitative estimate of drug-likeness (QED) is 0.815. The Hall–Kier alpha value is -2.28. The van der Waals surface area contributed by atoms with Gasteiger partial charge in [-0.2, -0.15) is 16.9 Å². The molecule has 0 spiro atoms. The number of amides is 2. The summed E-state index contributed by atoms with van der Waals surface area (Å²) in [6.07, 6.45) is 3.04. The molecule has 6 nitrogen and oxygen atoms in total. The van der Waals surface area contributed by atoms with Crippen LogP contribution in [0.1, 0.15) is 22.8 Å². The van der Waals surface area contributed by atoms with Crippen LogP contribution in [0.4, 0.5) is 5.69 Å². The molecule has 116 valence electrons. The molecule has 0 bridgehead atoms. The predicted molar refractivity (Wildman–Crippen MR) is 87.7 cm³/mol. The number of carbonyl (C=O) groups excluding carboxylic acids is 2. The van der Waals surface area contributed by atoms with Crippen LogP contribution in [-0.4, -0.2) is 27.3 Å². The minimum atomic E-state index is -0.485. The molecule has 0 aliphatic heterocycles. The van der Waals surface area contributed by atoms with Gasteiger partial charge in [0.1, 0.15) is 6.54 Å². The number of nitrogens with zero attached hydrogens (tertiary/aromatic N) is 2. The molecule has 2 amide bonds. The lowest BCUT2D eigenvalue weighted by molar-refractivity contribution is -0.118. The SMILES string of the molecule is CCSCc1ccc(C(=O)Nc2cnn(CC(N)=O)c2)cc1. The van der Waals surface area contributed by atoms with Crippen molar-refractivity contribution in [3.63, 3.8) is 0 Å². The van der Waals surface area contributed by atoms with Gasteiger partial charge in [0.15, 0.2) is 0 Å². The highest BCUT2D eigenvalue weighted by atomic mass is 32.2. The van der Waals surface area contributed by atoms with Gasteiger partial charge < -0.3 is 11.1 Å². The van der Waals surface area contributed by atoms with Gasteiger partial charge in [0, 0.05) is 17.5 Å². The lowest BCUT2D eigenvalue weighted by atomic mass is 10.1. The van der Waals surface area contributed by atoms with E-state index in [1.54, 1.807) is 18.3 Å². The van der Waals surface area contributed by atoms with Crippen molar-refractivity contribution in [2.45, 2.75) is 19.2 Å². The summed E-state index contributed by atoms with van der Waals surface area (Å²) in [6, 6.07) is 7.51. The second-order valence-electron chi connectivity index (χ2n) is 4.68. The Labute approximate surface area is 133 Å². The van der Waals surface area contributed by atoms with Crippen LogP contribution in [-0.2, 0) is 17.1 Å². The largest absolute Gasteiger partial charge is 0.368 e. The zero-order chi connectivity index (χ0) is 15.9. The van der Waals surface area contributed by atoms with E-state index in [0.29, 0.717) is 11.3 Å². The van der Waals surface area contributed by atoms with Gasteiger partial charge >= 0.3 is 0 Å². The van der Waals surface area contributed by atoms with E-state index in [-0.39, 0.29) is 12.5 Å². The van der Waals surface area contributed by atoms with Gasteiger partial charge in [0.2, 0.25) is 5.91 Å². The molecule has 1 aromatic heterocycles. The number of rotatable bonds is 7. The lowest BCUT2D eigenvalue weighted by Gasteiger charge is -2.04. The normalized spacial score (nSPS) is 10.4. The molecule has 7 heteroatoms. The zero-order valence-corrected chi connectivity index (χ0v) is 13.1. The summed E-state index contributed by atoms with van der Waals surface area (Å²) in [5.41, 5.74) is 7.38. The fraction of sp³-hybridized carbons (Fsp3) is 0.267. The highest BCUT2D eigenvalue weighted by molar-refractivity contribution is 7.98. The number of nitrogens with two attached hydrogens (primary N) is 1. The minimum absolute atomic E-state index is 0.0142. The first kappa shape index (κ1) is 16.1. The third kappa shape index (κ3) is 4.63. The average molecular weight is 318 g/mol. The first-order valence-corrected chi connectivity index (χ1v) is 8.02. The van der Waals surface area contributed by atoms with Crippen molar-refractivity contribution in [2.75, 3.05) is 11.1 Å². The van der Waals surface area contributed by atoms with Gasteiger partial charge in [0.25, 0.3) is 5.91 Å². The molecule has 0 radical (unpaired) electrons. The summed E-state index contributed by atoms with van der Waals surface area (Å²) in [5.74, 6) is 1.31. The van der Waals surface area contributed by atoms with Crippen LogP contribution < -0.4 is 11.1 Å². The summed E-state index contributed by atoms with van der Waals surface area (Å²) >= 11 is 1.84. The third-order valence-corrected chi connectivity index (χ3v) is 3.84. The molecule has 0 fully saturated rings. The van der Waals surface area contributed by atoms with Gasteiger partial charge in [-0.05, 0) is 23.4 Å². The van der Waals surface area contributed by atoms with Crippen LogP contribution in [0.5, 0.6) is 0 Å². The molecule has 1 heterocycles. The Bertz CT molecular complexity index is 652. The zero-order valence-electron chi connectivity index (χ0n) is 12.3. The topological polar surface area (TPSA) is 90.0 Å². The number of thioether (sulfide) groups is 1. The number of nitrogens with one attached hydrogen (secondary N) is 1. The standard InChI is InChI=1S/C15H18N4O2S/c1-2-22-10-11-3-5-12(6-4-11)15(21)18-13-7-17-19(8-13)9-14(16)20/h3-8H,2,9-10H2,1H3,(H2,16,20)(H,18,21). The van der Waals surface area contributed by atoms with E-state index in [1.165, 1.54) is 16.4 Å². The summed E-state index contributed by atoms with van der Waals surface area (Å²) < 4.78 is 1.38. The molecule has 0 saturated carbocycles. The van der Waals surface area contributed by atoms with Gasteiger partial charge in [-0.1, -0.05) is 19.1 Å². The van der Waals surface area contributed by atoms with Gasteiger partial charge in [-0.3, -0.25) is 14.3 Å². The lowest BCUT2D eigenvalue weighted by Crippen LogP contribution is -2.18. The van der Waals surface area contributed by atoms with Crippen molar-refractivity contribution in [2.24, 2.45) is 5.73 Å². The number of primary amides is 1. The fourth-order valence-electron chi connectivity index (χ4n) is 1.85. The smallest absolute Gasteiger partial charge is 0.255 e. The summed E-state index contributed by atoms with van der Waals surface area (Å²) in [7, 11) is 0. The fourth-order valence-corrected chi connectivity index (χ4v) is 2.48. The molecule has 1 aromatic carbocycles. The summed E-state index contributed by atoms with van der Waals surface area (Å²) in [5, 5.41) is 6.68. The second kappa shape index (κ2) is 7.65. The van der Waals surface area contributed by atoms with Crippen molar-refractivity contribution >= 4 is 29.3 Å². The van der Waals surface area contributed by atoms with Crippen LogP contribution in [0, 0.1) is 0 Å². The maximum absolute atomic E-state index is 12.1. The van der Waals surface area contributed by atoms with Gasteiger partial charge in [-0.15, -0.1) is 0 Å². The number of carbonyl (C=O) groups is 2. The molecule has 0 atom stereocenters. The van der Waals surface area contributed by atoms with Crippen molar-refractivity contribution in [3.8, 4) is 0 Å². The first-order chi connectivity index (χ1) is 10.6. The average Bonchev–Trinajstić information content (AvgIpc) is 2.91. The highest BCUT2D eigenvalue weighted by Crippen LogP contribution is 2.14. The van der Waals surface area contributed by atoms with Gasteiger partial charge in [-0.25, -0.2) is 0 Å². The van der Waals surface area contributed by atoms with Crippen LogP contribution in [0.15, 0.2) is 36.7 Å². The number of aromatic nitrogens is 2. The van der Waals surface area contributed by atoms with Crippen LogP contribution in [0.3, 0.4) is 0 Å². The number of hydrogen-bond donors (Lipinski definition) is 2. The van der Waals surface area contributed by atoms with E-state index in [9.17, 15) is 9.59 Å². The molecule has 3 N–H and O–H groups in total.